The summed E-state index contributed by atoms with van der Waals surface area (Å²) in [4.78, 5) is 14.5. The van der Waals surface area contributed by atoms with Crippen molar-refractivity contribution < 1.29 is 13.9 Å². The maximum atomic E-state index is 13.0. The van der Waals surface area contributed by atoms with Crippen LogP contribution in [-0.4, -0.2) is 28.7 Å². The molecule has 1 aromatic carbocycles. The van der Waals surface area contributed by atoms with Crippen LogP contribution in [0.5, 0.6) is 0 Å². The molecule has 2 saturated heterocycles. The summed E-state index contributed by atoms with van der Waals surface area (Å²) in [5.41, 5.74) is 0.606. The molecule has 1 aromatic rings. The van der Waals surface area contributed by atoms with Gasteiger partial charge in [0.2, 0.25) is 0 Å². The van der Waals surface area contributed by atoms with E-state index >= 15 is 0 Å². The molecule has 0 N–H and O–H groups in total. The smallest absolute Gasteiger partial charge is 0.410 e. The van der Waals surface area contributed by atoms with Gasteiger partial charge in [0.15, 0.2) is 0 Å². The highest BCUT2D eigenvalue weighted by atomic mass is 19.1. The number of rotatable bonds is 3. The fourth-order valence-electron chi connectivity index (χ4n) is 3.96. The van der Waals surface area contributed by atoms with Crippen LogP contribution in [0.4, 0.5) is 9.18 Å². The first-order valence-corrected chi connectivity index (χ1v) is 8.53. The number of hydrogen-bond acceptors (Lipinski definition) is 2. The van der Waals surface area contributed by atoms with Crippen LogP contribution < -0.4 is 0 Å². The number of carbonyl (C=O) groups is 1. The summed E-state index contributed by atoms with van der Waals surface area (Å²) in [5.74, 6) is 0.547. The fraction of sp³-hybridized carbons (Fsp3) is 0.632. The number of benzene rings is 1. The third kappa shape index (κ3) is 3.51. The van der Waals surface area contributed by atoms with Gasteiger partial charge in [-0.05, 0) is 76.5 Å². The van der Waals surface area contributed by atoms with Crippen LogP contribution in [0.2, 0.25) is 0 Å². The molecule has 0 radical (unpaired) electrons. The van der Waals surface area contributed by atoms with Gasteiger partial charge in [-0.2, -0.15) is 0 Å². The molecular weight excluding hydrogens is 293 g/mol. The Bertz CT molecular complexity index is 570. The van der Waals surface area contributed by atoms with Crippen molar-refractivity contribution in [1.29, 1.82) is 0 Å². The van der Waals surface area contributed by atoms with Crippen molar-refractivity contribution in [1.82, 2.24) is 4.90 Å². The number of fused-ring (bicyclic) bond motifs is 2. The van der Waals surface area contributed by atoms with Crippen molar-refractivity contribution in [3.05, 3.63) is 35.6 Å². The number of amides is 1. The van der Waals surface area contributed by atoms with E-state index in [1.807, 2.05) is 37.8 Å². The van der Waals surface area contributed by atoms with Gasteiger partial charge in [-0.3, -0.25) is 0 Å². The third-order valence-corrected chi connectivity index (χ3v) is 5.08. The first-order valence-electron chi connectivity index (χ1n) is 8.53. The molecule has 4 rings (SSSR count). The van der Waals surface area contributed by atoms with Gasteiger partial charge in [0.1, 0.15) is 11.4 Å². The summed E-state index contributed by atoms with van der Waals surface area (Å²) in [6, 6.07) is 6.68. The summed E-state index contributed by atoms with van der Waals surface area (Å²) in [5, 5.41) is 0. The van der Waals surface area contributed by atoms with E-state index in [2.05, 4.69) is 0 Å². The Morgan fingerprint density at radius 3 is 2.57 bits per heavy atom. The van der Waals surface area contributed by atoms with E-state index in [4.69, 9.17) is 4.74 Å². The topological polar surface area (TPSA) is 29.5 Å². The minimum Gasteiger partial charge on any atom is -0.444 e. The van der Waals surface area contributed by atoms with Gasteiger partial charge in [-0.15, -0.1) is 0 Å². The van der Waals surface area contributed by atoms with Crippen LogP contribution in [0.1, 0.15) is 52.0 Å². The summed E-state index contributed by atoms with van der Waals surface area (Å²) in [6.45, 7) is 6.51. The number of nitrogens with zero attached hydrogens (tertiary/aromatic N) is 1. The summed E-state index contributed by atoms with van der Waals surface area (Å²) < 4.78 is 18.6. The van der Waals surface area contributed by atoms with Crippen molar-refractivity contribution in [2.24, 2.45) is 5.92 Å². The first-order chi connectivity index (χ1) is 10.8. The number of aryl methyl sites for hydroxylation is 1. The Morgan fingerprint density at radius 2 is 1.96 bits per heavy atom. The zero-order chi connectivity index (χ0) is 16.7. The number of carbonyl (C=O) groups excluding carboxylic acids is 1. The first kappa shape index (κ1) is 16.3. The fourth-order valence-corrected chi connectivity index (χ4v) is 3.96. The van der Waals surface area contributed by atoms with Crippen LogP contribution in [0, 0.1) is 11.7 Å². The molecular formula is C19H26FNO2. The molecule has 1 aliphatic carbocycles. The molecule has 1 amide bonds. The van der Waals surface area contributed by atoms with E-state index < -0.39 is 5.60 Å². The largest absolute Gasteiger partial charge is 0.444 e. The van der Waals surface area contributed by atoms with E-state index in [0.717, 1.165) is 50.1 Å². The van der Waals surface area contributed by atoms with Crippen molar-refractivity contribution in [3.8, 4) is 0 Å². The molecule has 3 nitrogen and oxygen atoms in total. The Hall–Kier alpha value is -1.58. The van der Waals surface area contributed by atoms with Crippen LogP contribution in [0.25, 0.3) is 0 Å². The van der Waals surface area contributed by atoms with Gasteiger partial charge in [0.25, 0.3) is 0 Å². The van der Waals surface area contributed by atoms with Crippen molar-refractivity contribution in [2.45, 2.75) is 64.0 Å². The Balaban J connectivity index is 1.67. The summed E-state index contributed by atoms with van der Waals surface area (Å²) in [6.07, 6.45) is 4.84. The second-order valence-corrected chi connectivity index (χ2v) is 8.05. The lowest BCUT2D eigenvalue weighted by molar-refractivity contribution is -0.0856. The lowest BCUT2D eigenvalue weighted by Gasteiger charge is -2.59. The molecule has 4 heteroatoms. The van der Waals surface area contributed by atoms with Crippen molar-refractivity contribution in [2.75, 3.05) is 6.54 Å². The van der Waals surface area contributed by atoms with E-state index in [-0.39, 0.29) is 17.4 Å². The van der Waals surface area contributed by atoms with Crippen LogP contribution >= 0.6 is 0 Å². The van der Waals surface area contributed by atoms with Gasteiger partial charge in [-0.25, -0.2) is 9.18 Å². The molecule has 2 heterocycles. The minimum atomic E-state index is -0.462. The lowest BCUT2D eigenvalue weighted by Crippen LogP contribution is -2.64. The zero-order valence-corrected chi connectivity index (χ0v) is 14.3. The highest BCUT2D eigenvalue weighted by Crippen LogP contribution is 2.51. The van der Waals surface area contributed by atoms with Gasteiger partial charge in [0, 0.05) is 12.1 Å². The minimum absolute atomic E-state index is 0.0559. The number of halogens is 1. The molecule has 2 bridgehead atoms. The second kappa shape index (κ2) is 5.81. The lowest BCUT2D eigenvalue weighted by atomic mass is 9.61. The maximum Gasteiger partial charge on any atom is 0.410 e. The monoisotopic (exact) mass is 319 g/mol. The zero-order valence-electron chi connectivity index (χ0n) is 14.3. The quantitative estimate of drug-likeness (QED) is 0.818. The Labute approximate surface area is 137 Å². The van der Waals surface area contributed by atoms with E-state index in [1.54, 1.807) is 0 Å². The standard InChI is InChI=1S/C19H26FNO2/c1-18(2,3)23-17(22)21-11-9-15-12-19(21,13-15)10-8-14-4-6-16(20)7-5-14/h4-7,15H,8-13H2,1-3H3. The summed E-state index contributed by atoms with van der Waals surface area (Å²) >= 11 is 0. The molecule has 3 aliphatic rings. The summed E-state index contributed by atoms with van der Waals surface area (Å²) in [7, 11) is 0. The van der Waals surface area contributed by atoms with E-state index in [1.165, 1.54) is 12.1 Å². The Morgan fingerprint density at radius 1 is 1.30 bits per heavy atom. The number of hydrogen-bond donors (Lipinski definition) is 0. The molecule has 126 valence electrons. The normalized spacial score (nSPS) is 26.6. The third-order valence-electron chi connectivity index (χ3n) is 5.08. The van der Waals surface area contributed by atoms with Crippen molar-refractivity contribution >= 4 is 6.09 Å². The van der Waals surface area contributed by atoms with Gasteiger partial charge < -0.3 is 9.64 Å². The van der Waals surface area contributed by atoms with Crippen LogP contribution in [0.15, 0.2) is 24.3 Å². The Kier molecular flexibility index (Phi) is 4.11. The molecule has 0 spiro atoms. The van der Waals surface area contributed by atoms with Gasteiger partial charge in [-0.1, -0.05) is 12.1 Å². The average molecular weight is 319 g/mol. The SMILES string of the molecule is CC(C)(C)OC(=O)N1CCC2CC1(CCc1ccc(F)cc1)C2. The average Bonchev–Trinajstić information content (AvgIpc) is 2.44. The van der Waals surface area contributed by atoms with Gasteiger partial charge in [0.05, 0.1) is 0 Å². The molecule has 23 heavy (non-hydrogen) atoms. The highest BCUT2D eigenvalue weighted by Gasteiger charge is 2.54. The molecule has 2 aliphatic heterocycles. The van der Waals surface area contributed by atoms with Gasteiger partial charge >= 0.3 is 6.09 Å². The van der Waals surface area contributed by atoms with E-state index in [9.17, 15) is 9.18 Å². The molecule has 0 atom stereocenters. The number of ether oxygens (including phenoxy) is 1. The number of piperidine rings is 2. The van der Waals surface area contributed by atoms with Crippen LogP contribution in [-0.2, 0) is 11.2 Å². The maximum absolute atomic E-state index is 13.0. The van der Waals surface area contributed by atoms with E-state index in [0.29, 0.717) is 0 Å². The molecule has 1 saturated carbocycles. The molecule has 3 fully saturated rings. The second-order valence-electron chi connectivity index (χ2n) is 8.05. The predicted octanol–water partition coefficient (Wildman–Crippen LogP) is 4.55. The highest BCUT2D eigenvalue weighted by molar-refractivity contribution is 5.70. The molecule has 0 unspecified atom stereocenters. The predicted molar refractivity (Wildman–Crippen MR) is 87.7 cm³/mol. The van der Waals surface area contributed by atoms with Crippen LogP contribution in [0.3, 0.4) is 0 Å². The molecule has 0 aromatic heterocycles. The van der Waals surface area contributed by atoms with Crippen molar-refractivity contribution in [3.63, 3.8) is 0 Å².